The number of aromatic amines is 1. The van der Waals surface area contributed by atoms with Crippen LogP contribution in [0.1, 0.15) is 58.5 Å². The Hall–Kier alpha value is -3.89. The molecule has 166 valence electrons. The number of primary amides is 1. The molecule has 1 aromatic carbocycles. The van der Waals surface area contributed by atoms with Crippen molar-refractivity contribution in [2.75, 3.05) is 5.32 Å². The fraction of sp³-hybridized carbons (Fsp3) is 0.286. The maximum Gasteiger partial charge on any atom is 0.329 e. The van der Waals surface area contributed by atoms with E-state index in [1.165, 1.54) is 10.6 Å². The third kappa shape index (κ3) is 3.77. The number of aromatic nitrogens is 3. The van der Waals surface area contributed by atoms with Gasteiger partial charge in [-0.15, -0.1) is 0 Å². The van der Waals surface area contributed by atoms with Crippen molar-refractivity contribution in [2.24, 2.45) is 5.73 Å². The number of H-pyrrole nitrogens is 1. The van der Waals surface area contributed by atoms with Crippen molar-refractivity contribution in [3.8, 4) is 0 Å². The third-order valence-corrected chi connectivity index (χ3v) is 5.23. The van der Waals surface area contributed by atoms with E-state index in [2.05, 4.69) is 15.3 Å². The fourth-order valence-corrected chi connectivity index (χ4v) is 3.52. The zero-order chi connectivity index (χ0) is 23.2. The molecule has 0 bridgehead atoms. The molecule has 2 aromatic heterocycles. The van der Waals surface area contributed by atoms with E-state index in [9.17, 15) is 28.0 Å². The molecule has 32 heavy (non-hydrogen) atoms. The molecule has 0 atom stereocenters. The first kappa shape index (κ1) is 21.3. The Morgan fingerprint density at radius 3 is 2.53 bits per heavy atom. The van der Waals surface area contributed by atoms with Crippen LogP contribution in [0.5, 0.6) is 0 Å². The lowest BCUT2D eigenvalue weighted by atomic mass is 10.1. The van der Waals surface area contributed by atoms with Crippen molar-refractivity contribution >= 4 is 28.5 Å². The average Bonchev–Trinajstić information content (AvgIpc) is 3.57. The molecule has 9 nitrogen and oxygen atoms in total. The Bertz CT molecular complexity index is 1390. The van der Waals surface area contributed by atoms with Crippen molar-refractivity contribution in [2.45, 2.75) is 38.6 Å². The summed E-state index contributed by atoms with van der Waals surface area (Å²) in [5, 5.41) is 2.14. The SMILES string of the molecule is CCCn1c(=O)[nH]c(=O)c2c(C(=O)Nc3cc(C(N)=O)c(F)cc3F)cc(C3CC3)nc21. The van der Waals surface area contributed by atoms with Gasteiger partial charge in [0.15, 0.2) is 5.65 Å². The van der Waals surface area contributed by atoms with E-state index >= 15 is 0 Å². The normalized spacial score (nSPS) is 13.3. The minimum atomic E-state index is -1.17. The van der Waals surface area contributed by atoms with E-state index in [4.69, 9.17) is 5.73 Å². The molecule has 1 saturated carbocycles. The van der Waals surface area contributed by atoms with Crippen LogP contribution in [0, 0.1) is 11.6 Å². The number of pyridine rings is 1. The van der Waals surface area contributed by atoms with E-state index in [0.717, 1.165) is 18.9 Å². The predicted octanol–water partition coefficient (Wildman–Crippen LogP) is 2.00. The van der Waals surface area contributed by atoms with Gasteiger partial charge in [0, 0.05) is 24.2 Å². The van der Waals surface area contributed by atoms with Crippen molar-refractivity contribution in [3.63, 3.8) is 0 Å². The number of carbonyl (C=O) groups is 2. The number of anilines is 1. The summed E-state index contributed by atoms with van der Waals surface area (Å²) in [6.07, 6.45) is 2.26. The first-order chi connectivity index (χ1) is 15.2. The molecule has 2 heterocycles. The van der Waals surface area contributed by atoms with Crippen molar-refractivity contribution in [1.29, 1.82) is 0 Å². The summed E-state index contributed by atoms with van der Waals surface area (Å²) >= 11 is 0. The van der Waals surface area contributed by atoms with Gasteiger partial charge in [-0.2, -0.15) is 0 Å². The quantitative estimate of drug-likeness (QED) is 0.535. The van der Waals surface area contributed by atoms with E-state index in [0.29, 0.717) is 18.2 Å². The van der Waals surface area contributed by atoms with Gasteiger partial charge >= 0.3 is 5.69 Å². The van der Waals surface area contributed by atoms with Gasteiger partial charge in [-0.25, -0.2) is 18.6 Å². The number of aryl methyl sites for hydroxylation is 1. The number of rotatable bonds is 6. The number of amides is 2. The number of nitrogens with two attached hydrogens (primary N) is 1. The van der Waals surface area contributed by atoms with Crippen LogP contribution in [0.15, 0.2) is 27.8 Å². The van der Waals surface area contributed by atoms with Crippen molar-refractivity contribution < 1.29 is 18.4 Å². The number of fused-ring (bicyclic) bond motifs is 1. The lowest BCUT2D eigenvalue weighted by molar-refractivity contribution is 0.0992. The van der Waals surface area contributed by atoms with E-state index < -0.39 is 45.9 Å². The van der Waals surface area contributed by atoms with Gasteiger partial charge in [0.05, 0.1) is 22.2 Å². The summed E-state index contributed by atoms with van der Waals surface area (Å²) in [5.41, 5.74) is 3.03. The lowest BCUT2D eigenvalue weighted by Crippen LogP contribution is -2.32. The highest BCUT2D eigenvalue weighted by molar-refractivity contribution is 6.12. The standard InChI is InChI=1S/C21H19F2N5O4/c1-2-5-28-18-16(20(31)27-21(28)32)11(7-14(25-18)9-3-4-9)19(30)26-15-6-10(17(24)29)12(22)8-13(15)23/h6-9H,2-5H2,1H3,(H2,24,29)(H,26,30)(H,27,31,32). The smallest absolute Gasteiger partial charge is 0.329 e. The Kier molecular flexibility index (Phi) is 5.33. The molecule has 4 N–H and O–H groups in total. The second-order valence-electron chi connectivity index (χ2n) is 7.61. The Morgan fingerprint density at radius 2 is 1.91 bits per heavy atom. The maximum absolute atomic E-state index is 14.3. The molecule has 4 rings (SSSR count). The zero-order valence-corrected chi connectivity index (χ0v) is 17.0. The highest BCUT2D eigenvalue weighted by Crippen LogP contribution is 2.40. The van der Waals surface area contributed by atoms with Gasteiger partial charge in [-0.1, -0.05) is 6.92 Å². The van der Waals surface area contributed by atoms with Crippen molar-refractivity contribution in [3.05, 3.63) is 67.5 Å². The fourth-order valence-electron chi connectivity index (χ4n) is 3.52. The average molecular weight is 443 g/mol. The van der Waals surface area contributed by atoms with E-state index in [1.54, 1.807) is 0 Å². The number of nitrogens with zero attached hydrogens (tertiary/aromatic N) is 2. The first-order valence-electron chi connectivity index (χ1n) is 9.99. The third-order valence-electron chi connectivity index (χ3n) is 5.23. The molecule has 0 unspecified atom stereocenters. The number of halogens is 2. The van der Waals surface area contributed by atoms with Crippen LogP contribution in [0.2, 0.25) is 0 Å². The van der Waals surface area contributed by atoms with Crippen LogP contribution in [0.3, 0.4) is 0 Å². The predicted molar refractivity (Wildman–Crippen MR) is 112 cm³/mol. The van der Waals surface area contributed by atoms with Crippen LogP contribution >= 0.6 is 0 Å². The minimum Gasteiger partial charge on any atom is -0.366 e. The van der Waals surface area contributed by atoms with Crippen LogP contribution in [-0.4, -0.2) is 26.3 Å². The minimum absolute atomic E-state index is 0.0625. The Morgan fingerprint density at radius 1 is 1.19 bits per heavy atom. The van der Waals surface area contributed by atoms with Gasteiger partial charge in [-0.05, 0) is 31.4 Å². The van der Waals surface area contributed by atoms with Crippen LogP contribution < -0.4 is 22.3 Å². The highest BCUT2D eigenvalue weighted by atomic mass is 19.1. The summed E-state index contributed by atoms with van der Waals surface area (Å²) in [5.74, 6) is -4.23. The topological polar surface area (TPSA) is 140 Å². The Labute approximate surface area is 179 Å². The summed E-state index contributed by atoms with van der Waals surface area (Å²) in [7, 11) is 0. The molecule has 0 saturated heterocycles. The van der Waals surface area contributed by atoms with Gasteiger partial charge in [0.2, 0.25) is 0 Å². The van der Waals surface area contributed by atoms with Crippen LogP contribution in [-0.2, 0) is 6.54 Å². The molecule has 0 radical (unpaired) electrons. The Balaban J connectivity index is 1.89. The van der Waals surface area contributed by atoms with Crippen LogP contribution in [0.4, 0.5) is 14.5 Å². The van der Waals surface area contributed by atoms with E-state index in [1.807, 2.05) is 6.92 Å². The van der Waals surface area contributed by atoms with Crippen LogP contribution in [0.25, 0.3) is 11.0 Å². The van der Waals surface area contributed by atoms with Gasteiger partial charge in [-0.3, -0.25) is 23.9 Å². The number of nitrogens with one attached hydrogen (secondary N) is 2. The molecule has 0 spiro atoms. The highest BCUT2D eigenvalue weighted by Gasteiger charge is 2.29. The molecule has 2 amide bonds. The molecular weight excluding hydrogens is 424 g/mol. The monoisotopic (exact) mass is 443 g/mol. The second kappa shape index (κ2) is 7.98. The van der Waals surface area contributed by atoms with Gasteiger partial charge in [0.1, 0.15) is 11.6 Å². The number of hydrogen-bond donors (Lipinski definition) is 3. The molecule has 11 heteroatoms. The second-order valence-corrected chi connectivity index (χ2v) is 7.61. The summed E-state index contributed by atoms with van der Waals surface area (Å²) in [6.45, 7) is 2.11. The summed E-state index contributed by atoms with van der Waals surface area (Å²) in [4.78, 5) is 56.1. The maximum atomic E-state index is 14.3. The number of carbonyl (C=O) groups excluding carboxylic acids is 2. The molecule has 1 aliphatic carbocycles. The number of benzene rings is 1. The molecule has 1 aliphatic rings. The van der Waals surface area contributed by atoms with Crippen molar-refractivity contribution in [1.82, 2.24) is 14.5 Å². The summed E-state index contributed by atoms with van der Waals surface area (Å²) < 4.78 is 29.3. The largest absolute Gasteiger partial charge is 0.366 e. The lowest BCUT2D eigenvalue weighted by Gasteiger charge is -2.14. The molecule has 1 fully saturated rings. The van der Waals surface area contributed by atoms with Gasteiger partial charge < -0.3 is 11.1 Å². The van der Waals surface area contributed by atoms with E-state index in [-0.39, 0.29) is 29.1 Å². The molecule has 0 aliphatic heterocycles. The molecule has 3 aromatic rings. The number of hydrogen-bond acceptors (Lipinski definition) is 5. The summed E-state index contributed by atoms with van der Waals surface area (Å²) in [6, 6.07) is 2.65. The molecular formula is C21H19F2N5O4. The van der Waals surface area contributed by atoms with Gasteiger partial charge in [0.25, 0.3) is 17.4 Å². The zero-order valence-electron chi connectivity index (χ0n) is 17.0. The first-order valence-corrected chi connectivity index (χ1v) is 9.99.